The van der Waals surface area contributed by atoms with Crippen molar-refractivity contribution in [2.45, 2.75) is 58.6 Å². The molecule has 1 saturated carbocycles. The van der Waals surface area contributed by atoms with Crippen molar-refractivity contribution in [3.05, 3.63) is 0 Å². The zero-order chi connectivity index (χ0) is 10.6. The van der Waals surface area contributed by atoms with Gasteiger partial charge in [-0.1, -0.05) is 27.2 Å². The number of hydrogen-bond acceptors (Lipinski definition) is 2. The van der Waals surface area contributed by atoms with Crippen molar-refractivity contribution in [3.8, 4) is 0 Å². The monoisotopic (exact) mass is 199 g/mol. The van der Waals surface area contributed by atoms with Crippen LogP contribution in [-0.2, 0) is 0 Å². The number of hydrogen-bond donors (Lipinski definition) is 2. The molecule has 2 nitrogen and oxygen atoms in total. The highest BCUT2D eigenvalue weighted by molar-refractivity contribution is 4.86. The first-order valence-corrected chi connectivity index (χ1v) is 6.06. The smallest absolute Gasteiger partial charge is 0.0687 e. The molecule has 2 heteroatoms. The molecule has 1 aliphatic carbocycles. The lowest BCUT2D eigenvalue weighted by atomic mass is 10.0. The van der Waals surface area contributed by atoms with Gasteiger partial charge in [0.25, 0.3) is 0 Å². The van der Waals surface area contributed by atoms with E-state index in [-0.39, 0.29) is 6.10 Å². The van der Waals surface area contributed by atoms with Crippen molar-refractivity contribution in [2.75, 3.05) is 6.54 Å². The number of rotatable bonds is 7. The summed E-state index contributed by atoms with van der Waals surface area (Å²) in [7, 11) is 0. The van der Waals surface area contributed by atoms with Gasteiger partial charge in [0.15, 0.2) is 0 Å². The van der Waals surface area contributed by atoms with Crippen LogP contribution in [-0.4, -0.2) is 23.8 Å². The molecule has 0 saturated heterocycles. The van der Waals surface area contributed by atoms with E-state index < -0.39 is 0 Å². The highest BCUT2D eigenvalue weighted by atomic mass is 16.3. The van der Waals surface area contributed by atoms with Crippen LogP contribution < -0.4 is 5.32 Å². The first-order chi connectivity index (χ1) is 6.65. The summed E-state index contributed by atoms with van der Waals surface area (Å²) in [6, 6.07) is 0.661. The minimum absolute atomic E-state index is 0.187. The number of aliphatic hydroxyl groups is 1. The first-order valence-electron chi connectivity index (χ1n) is 6.06. The maximum Gasteiger partial charge on any atom is 0.0687 e. The van der Waals surface area contributed by atoms with Crippen LogP contribution in [0.3, 0.4) is 0 Å². The van der Waals surface area contributed by atoms with Gasteiger partial charge in [-0.2, -0.15) is 0 Å². The first kappa shape index (κ1) is 12.0. The molecule has 0 heterocycles. The molecule has 0 spiro atoms. The van der Waals surface area contributed by atoms with Gasteiger partial charge in [-0.05, 0) is 31.1 Å². The third-order valence-electron chi connectivity index (χ3n) is 3.15. The van der Waals surface area contributed by atoms with E-state index in [0.29, 0.717) is 12.0 Å². The second-order valence-corrected chi connectivity index (χ2v) is 4.95. The Kier molecular flexibility index (Phi) is 4.90. The maximum atomic E-state index is 9.68. The third kappa shape index (κ3) is 3.97. The molecule has 0 aliphatic heterocycles. The Morgan fingerprint density at radius 2 is 2.00 bits per heavy atom. The molecule has 2 atom stereocenters. The van der Waals surface area contributed by atoms with E-state index in [2.05, 4.69) is 26.1 Å². The topological polar surface area (TPSA) is 32.3 Å². The fourth-order valence-electron chi connectivity index (χ4n) is 1.82. The molecule has 1 rings (SSSR count). The Balaban J connectivity index is 2.18. The SMILES string of the molecule is CCCC(NCC(O)C(C)C)C1CC1. The third-order valence-corrected chi connectivity index (χ3v) is 3.15. The normalized spacial score (nSPS) is 21.2. The average molecular weight is 199 g/mol. The highest BCUT2D eigenvalue weighted by Gasteiger charge is 2.30. The van der Waals surface area contributed by atoms with Crippen LogP contribution in [0.1, 0.15) is 46.5 Å². The van der Waals surface area contributed by atoms with E-state index in [1.165, 1.54) is 25.7 Å². The molecule has 2 N–H and O–H groups in total. The summed E-state index contributed by atoms with van der Waals surface area (Å²) in [6.45, 7) is 7.13. The van der Waals surface area contributed by atoms with E-state index in [0.717, 1.165) is 12.5 Å². The minimum atomic E-state index is -0.187. The fourth-order valence-corrected chi connectivity index (χ4v) is 1.82. The van der Waals surface area contributed by atoms with Crippen LogP contribution in [0.2, 0.25) is 0 Å². The quantitative estimate of drug-likeness (QED) is 0.658. The standard InChI is InChI=1S/C12H25NO/c1-4-5-11(10-6-7-10)13-8-12(14)9(2)3/h9-14H,4-8H2,1-3H3. The van der Waals surface area contributed by atoms with Gasteiger partial charge in [0.2, 0.25) is 0 Å². The summed E-state index contributed by atoms with van der Waals surface area (Å²) in [5.41, 5.74) is 0. The zero-order valence-electron chi connectivity index (χ0n) is 9.79. The molecule has 0 aromatic heterocycles. The molecule has 0 bridgehead atoms. The van der Waals surface area contributed by atoms with Gasteiger partial charge >= 0.3 is 0 Å². The molecule has 1 aliphatic rings. The second-order valence-electron chi connectivity index (χ2n) is 4.95. The van der Waals surface area contributed by atoms with Crippen LogP contribution in [0, 0.1) is 11.8 Å². The summed E-state index contributed by atoms with van der Waals surface area (Å²) in [5.74, 6) is 1.26. The molecule has 0 amide bonds. The van der Waals surface area contributed by atoms with Gasteiger partial charge < -0.3 is 10.4 Å². The van der Waals surface area contributed by atoms with E-state index in [4.69, 9.17) is 0 Å². The minimum Gasteiger partial charge on any atom is -0.392 e. The van der Waals surface area contributed by atoms with Crippen molar-refractivity contribution < 1.29 is 5.11 Å². The predicted molar refractivity (Wildman–Crippen MR) is 60.3 cm³/mol. The van der Waals surface area contributed by atoms with Crippen LogP contribution in [0.4, 0.5) is 0 Å². The molecule has 1 fully saturated rings. The number of aliphatic hydroxyl groups excluding tert-OH is 1. The summed E-state index contributed by atoms with van der Waals surface area (Å²) < 4.78 is 0. The number of nitrogens with one attached hydrogen (secondary N) is 1. The van der Waals surface area contributed by atoms with Gasteiger partial charge in [-0.3, -0.25) is 0 Å². The Labute approximate surface area is 88.1 Å². The molecular formula is C12H25NO. The predicted octanol–water partition coefficient (Wildman–Crippen LogP) is 2.17. The summed E-state index contributed by atoms with van der Waals surface area (Å²) >= 11 is 0. The van der Waals surface area contributed by atoms with Gasteiger partial charge in [-0.25, -0.2) is 0 Å². The Morgan fingerprint density at radius 1 is 1.36 bits per heavy atom. The summed E-state index contributed by atoms with van der Waals surface area (Å²) in [4.78, 5) is 0. The van der Waals surface area contributed by atoms with Crippen molar-refractivity contribution in [1.82, 2.24) is 5.32 Å². The van der Waals surface area contributed by atoms with E-state index in [9.17, 15) is 5.11 Å². The molecule has 14 heavy (non-hydrogen) atoms. The average Bonchev–Trinajstić information content (AvgIpc) is 2.94. The Morgan fingerprint density at radius 3 is 2.43 bits per heavy atom. The Bertz CT molecular complexity index is 154. The lowest BCUT2D eigenvalue weighted by Crippen LogP contribution is -2.38. The van der Waals surface area contributed by atoms with Gasteiger partial charge in [0.1, 0.15) is 0 Å². The Hall–Kier alpha value is -0.0800. The second kappa shape index (κ2) is 5.72. The van der Waals surface area contributed by atoms with Gasteiger partial charge in [0.05, 0.1) is 6.10 Å². The van der Waals surface area contributed by atoms with E-state index in [1.54, 1.807) is 0 Å². The van der Waals surface area contributed by atoms with E-state index >= 15 is 0 Å². The van der Waals surface area contributed by atoms with Crippen LogP contribution in [0.5, 0.6) is 0 Å². The molecule has 0 radical (unpaired) electrons. The van der Waals surface area contributed by atoms with Gasteiger partial charge in [0, 0.05) is 12.6 Å². The van der Waals surface area contributed by atoms with Crippen molar-refractivity contribution in [3.63, 3.8) is 0 Å². The summed E-state index contributed by atoms with van der Waals surface area (Å²) in [6.07, 6.45) is 5.08. The fraction of sp³-hybridized carbons (Fsp3) is 1.00. The highest BCUT2D eigenvalue weighted by Crippen LogP contribution is 2.34. The van der Waals surface area contributed by atoms with Crippen LogP contribution >= 0.6 is 0 Å². The molecule has 84 valence electrons. The van der Waals surface area contributed by atoms with Crippen LogP contribution in [0.25, 0.3) is 0 Å². The van der Waals surface area contributed by atoms with E-state index in [1.807, 2.05) is 0 Å². The molecular weight excluding hydrogens is 174 g/mol. The lowest BCUT2D eigenvalue weighted by Gasteiger charge is -2.21. The van der Waals surface area contributed by atoms with Crippen molar-refractivity contribution in [1.29, 1.82) is 0 Å². The largest absolute Gasteiger partial charge is 0.392 e. The molecule has 0 aromatic rings. The van der Waals surface area contributed by atoms with Gasteiger partial charge in [-0.15, -0.1) is 0 Å². The lowest BCUT2D eigenvalue weighted by molar-refractivity contribution is 0.118. The van der Waals surface area contributed by atoms with Crippen molar-refractivity contribution >= 4 is 0 Å². The summed E-state index contributed by atoms with van der Waals surface area (Å²) in [5, 5.41) is 13.2. The maximum absolute atomic E-state index is 9.68. The molecule has 2 unspecified atom stereocenters. The molecule has 0 aromatic carbocycles. The van der Waals surface area contributed by atoms with Crippen LogP contribution in [0.15, 0.2) is 0 Å². The zero-order valence-corrected chi connectivity index (χ0v) is 9.79. The van der Waals surface area contributed by atoms with Crippen molar-refractivity contribution in [2.24, 2.45) is 11.8 Å².